The number of hydrogen-bond acceptors (Lipinski definition) is 4. The van der Waals surface area contributed by atoms with Gasteiger partial charge in [-0.2, -0.15) is 0 Å². The first-order valence-corrected chi connectivity index (χ1v) is 11.2. The molecule has 0 fully saturated rings. The molecule has 3 aromatic rings. The van der Waals surface area contributed by atoms with Gasteiger partial charge in [0.25, 0.3) is 15.9 Å². The summed E-state index contributed by atoms with van der Waals surface area (Å²) in [6.07, 6.45) is 2.27. The smallest absolute Gasteiger partial charge is 0.261 e. The standard InChI is InChI=1S/C24H24N2O4S/c1-3-18-10-14-21(15-11-18)31(28,29)26-23-7-5-4-6-22(23)24(27)25-17-16-19-8-12-20(30-2)13-9-19/h3-15,26H,1,16-17H2,2H3,(H,25,27). The Morgan fingerprint density at radius 2 is 1.68 bits per heavy atom. The summed E-state index contributed by atoms with van der Waals surface area (Å²) in [5, 5.41) is 2.84. The fraction of sp³-hybridized carbons (Fsp3) is 0.125. The zero-order chi connectivity index (χ0) is 22.3. The van der Waals surface area contributed by atoms with Gasteiger partial charge < -0.3 is 10.1 Å². The van der Waals surface area contributed by atoms with Crippen LogP contribution in [0.2, 0.25) is 0 Å². The molecule has 0 aliphatic heterocycles. The van der Waals surface area contributed by atoms with Gasteiger partial charge in [-0.05, 0) is 53.9 Å². The Morgan fingerprint density at radius 3 is 2.32 bits per heavy atom. The van der Waals surface area contributed by atoms with Crippen LogP contribution in [0.5, 0.6) is 5.75 Å². The number of amides is 1. The first kappa shape index (κ1) is 22.1. The van der Waals surface area contributed by atoms with Gasteiger partial charge in [0.2, 0.25) is 0 Å². The monoisotopic (exact) mass is 436 g/mol. The second-order valence-electron chi connectivity index (χ2n) is 6.78. The molecule has 0 bridgehead atoms. The molecule has 160 valence electrons. The Labute approximate surface area is 182 Å². The Morgan fingerprint density at radius 1 is 1.00 bits per heavy atom. The quantitative estimate of drug-likeness (QED) is 0.529. The second kappa shape index (κ2) is 9.95. The number of nitrogens with one attached hydrogen (secondary N) is 2. The molecule has 0 spiro atoms. The fourth-order valence-corrected chi connectivity index (χ4v) is 4.04. The van der Waals surface area contributed by atoms with Crippen LogP contribution >= 0.6 is 0 Å². The van der Waals surface area contributed by atoms with E-state index >= 15 is 0 Å². The molecular formula is C24H24N2O4S. The number of methoxy groups -OCH3 is 1. The molecule has 0 unspecified atom stereocenters. The number of para-hydroxylation sites is 1. The molecule has 3 rings (SSSR count). The van der Waals surface area contributed by atoms with Crippen molar-refractivity contribution in [1.82, 2.24) is 5.32 Å². The predicted molar refractivity (Wildman–Crippen MR) is 123 cm³/mol. The van der Waals surface area contributed by atoms with Crippen molar-refractivity contribution in [2.75, 3.05) is 18.4 Å². The fourth-order valence-electron chi connectivity index (χ4n) is 2.96. The number of carbonyl (C=O) groups excluding carboxylic acids is 1. The minimum Gasteiger partial charge on any atom is -0.497 e. The zero-order valence-corrected chi connectivity index (χ0v) is 18.0. The van der Waals surface area contributed by atoms with Crippen molar-refractivity contribution in [3.05, 3.63) is 96.1 Å². The van der Waals surface area contributed by atoms with E-state index in [0.717, 1.165) is 16.9 Å². The third-order valence-electron chi connectivity index (χ3n) is 4.70. The second-order valence-corrected chi connectivity index (χ2v) is 8.46. The van der Waals surface area contributed by atoms with Gasteiger partial charge in [-0.3, -0.25) is 9.52 Å². The van der Waals surface area contributed by atoms with Gasteiger partial charge in [-0.25, -0.2) is 8.42 Å². The third kappa shape index (κ3) is 5.73. The van der Waals surface area contributed by atoms with Gasteiger partial charge >= 0.3 is 0 Å². The zero-order valence-electron chi connectivity index (χ0n) is 17.2. The SMILES string of the molecule is C=Cc1ccc(S(=O)(=O)Nc2ccccc2C(=O)NCCc2ccc(OC)cc2)cc1. The summed E-state index contributed by atoms with van der Waals surface area (Å²) in [5.74, 6) is 0.418. The van der Waals surface area contributed by atoms with Crippen LogP contribution in [0.25, 0.3) is 6.08 Å². The average Bonchev–Trinajstić information content (AvgIpc) is 2.79. The molecule has 6 nitrogen and oxygen atoms in total. The molecule has 0 saturated heterocycles. The van der Waals surface area contributed by atoms with Crippen LogP contribution in [0.3, 0.4) is 0 Å². The summed E-state index contributed by atoms with van der Waals surface area (Å²) < 4.78 is 33.1. The lowest BCUT2D eigenvalue weighted by molar-refractivity contribution is 0.0955. The molecule has 2 N–H and O–H groups in total. The first-order chi connectivity index (χ1) is 14.9. The van der Waals surface area contributed by atoms with Gasteiger partial charge in [0.15, 0.2) is 0 Å². The molecule has 0 atom stereocenters. The molecule has 31 heavy (non-hydrogen) atoms. The van der Waals surface area contributed by atoms with E-state index in [1.807, 2.05) is 24.3 Å². The number of benzene rings is 3. The lowest BCUT2D eigenvalue weighted by atomic mass is 10.1. The van der Waals surface area contributed by atoms with E-state index in [9.17, 15) is 13.2 Å². The van der Waals surface area contributed by atoms with E-state index in [1.54, 1.807) is 49.6 Å². The molecule has 7 heteroatoms. The molecule has 0 saturated carbocycles. The molecule has 1 amide bonds. The van der Waals surface area contributed by atoms with Crippen molar-refractivity contribution >= 4 is 27.7 Å². The molecule has 0 aromatic heterocycles. The Hall–Kier alpha value is -3.58. The highest BCUT2D eigenvalue weighted by Crippen LogP contribution is 2.21. The van der Waals surface area contributed by atoms with E-state index < -0.39 is 10.0 Å². The van der Waals surface area contributed by atoms with Gasteiger partial charge in [-0.1, -0.05) is 49.1 Å². The number of ether oxygens (including phenoxy) is 1. The average molecular weight is 437 g/mol. The molecule has 3 aromatic carbocycles. The molecule has 0 aliphatic carbocycles. The van der Waals surface area contributed by atoms with E-state index in [2.05, 4.69) is 16.6 Å². The maximum Gasteiger partial charge on any atom is 0.261 e. The summed E-state index contributed by atoms with van der Waals surface area (Å²) >= 11 is 0. The van der Waals surface area contributed by atoms with Crippen molar-refractivity contribution < 1.29 is 17.9 Å². The summed E-state index contributed by atoms with van der Waals surface area (Å²) in [7, 11) is -2.23. The van der Waals surface area contributed by atoms with E-state index in [4.69, 9.17) is 4.74 Å². The highest BCUT2D eigenvalue weighted by atomic mass is 32.2. The third-order valence-corrected chi connectivity index (χ3v) is 6.08. The van der Waals surface area contributed by atoms with Crippen LogP contribution in [0.4, 0.5) is 5.69 Å². The van der Waals surface area contributed by atoms with E-state index in [-0.39, 0.29) is 22.1 Å². The first-order valence-electron chi connectivity index (χ1n) is 9.68. The van der Waals surface area contributed by atoms with Crippen LogP contribution in [-0.2, 0) is 16.4 Å². The minimum absolute atomic E-state index is 0.104. The van der Waals surface area contributed by atoms with Crippen LogP contribution in [0.1, 0.15) is 21.5 Å². The maximum atomic E-state index is 12.7. The number of sulfonamides is 1. The minimum atomic E-state index is -3.84. The molecule has 0 heterocycles. The van der Waals surface area contributed by atoms with Crippen molar-refractivity contribution in [2.45, 2.75) is 11.3 Å². The molecular weight excluding hydrogens is 412 g/mol. The predicted octanol–water partition coefficient (Wildman–Crippen LogP) is 4.11. The summed E-state index contributed by atoms with van der Waals surface area (Å²) in [6.45, 7) is 4.07. The van der Waals surface area contributed by atoms with Crippen molar-refractivity contribution in [3.8, 4) is 5.75 Å². The topological polar surface area (TPSA) is 84.5 Å². The highest BCUT2D eigenvalue weighted by Gasteiger charge is 2.18. The molecule has 0 radical (unpaired) electrons. The van der Waals surface area contributed by atoms with Gasteiger partial charge in [0, 0.05) is 6.54 Å². The Balaban J connectivity index is 1.68. The highest BCUT2D eigenvalue weighted by molar-refractivity contribution is 7.92. The van der Waals surface area contributed by atoms with Gasteiger partial charge in [0.1, 0.15) is 5.75 Å². The largest absolute Gasteiger partial charge is 0.497 e. The van der Waals surface area contributed by atoms with E-state index in [0.29, 0.717) is 13.0 Å². The van der Waals surface area contributed by atoms with Crippen molar-refractivity contribution in [1.29, 1.82) is 0 Å². The summed E-state index contributed by atoms with van der Waals surface area (Å²) in [5.41, 5.74) is 2.34. The van der Waals surface area contributed by atoms with Crippen LogP contribution in [0, 0.1) is 0 Å². The van der Waals surface area contributed by atoms with Crippen LogP contribution in [0.15, 0.2) is 84.3 Å². The molecule has 0 aliphatic rings. The lowest BCUT2D eigenvalue weighted by Gasteiger charge is -2.13. The number of hydrogen-bond donors (Lipinski definition) is 2. The van der Waals surface area contributed by atoms with Crippen LogP contribution in [-0.4, -0.2) is 28.0 Å². The van der Waals surface area contributed by atoms with E-state index in [1.165, 1.54) is 12.1 Å². The summed E-state index contributed by atoms with van der Waals surface area (Å²) in [6, 6.07) is 20.4. The number of carbonyl (C=O) groups is 1. The van der Waals surface area contributed by atoms with Crippen LogP contribution < -0.4 is 14.8 Å². The van der Waals surface area contributed by atoms with Gasteiger partial charge in [0.05, 0.1) is 23.3 Å². The number of anilines is 1. The number of rotatable bonds is 9. The normalized spacial score (nSPS) is 10.9. The van der Waals surface area contributed by atoms with Gasteiger partial charge in [-0.15, -0.1) is 0 Å². The van der Waals surface area contributed by atoms with Crippen molar-refractivity contribution in [3.63, 3.8) is 0 Å². The Bertz CT molecular complexity index is 1150. The maximum absolute atomic E-state index is 12.7. The Kier molecular flexibility index (Phi) is 7.10. The summed E-state index contributed by atoms with van der Waals surface area (Å²) in [4.78, 5) is 12.8. The van der Waals surface area contributed by atoms with Crippen molar-refractivity contribution in [2.24, 2.45) is 0 Å². The lowest BCUT2D eigenvalue weighted by Crippen LogP contribution is -2.27.